The molecule has 1 N–H and O–H groups in total. The summed E-state index contributed by atoms with van der Waals surface area (Å²) in [6.45, 7) is 0.886. The molecule has 4 rings (SSSR count). The molecule has 152 valence electrons. The molecule has 2 atom stereocenters. The van der Waals surface area contributed by atoms with Gasteiger partial charge in [0, 0.05) is 25.7 Å². The predicted octanol–water partition coefficient (Wildman–Crippen LogP) is 3.01. The Morgan fingerprint density at radius 3 is 2.31 bits per heavy atom. The Kier molecular flexibility index (Phi) is 5.13. The summed E-state index contributed by atoms with van der Waals surface area (Å²) in [5.74, 6) is -0.498. The second-order valence-electron chi connectivity index (χ2n) is 8.12. The van der Waals surface area contributed by atoms with Crippen LogP contribution in [0.5, 0.6) is 0 Å². The third-order valence-electron chi connectivity index (χ3n) is 6.40. The van der Waals surface area contributed by atoms with Crippen molar-refractivity contribution in [2.24, 2.45) is 5.41 Å². The fraction of sp³-hybridized carbons (Fsp3) is 0.391. The highest BCUT2D eigenvalue weighted by molar-refractivity contribution is 5.94. The number of carbonyl (C=O) groups is 2. The number of benzene rings is 2. The Labute approximate surface area is 169 Å². The maximum absolute atomic E-state index is 13.3. The Balaban J connectivity index is 1.47. The van der Waals surface area contributed by atoms with E-state index in [9.17, 15) is 19.1 Å². The summed E-state index contributed by atoms with van der Waals surface area (Å²) in [5.41, 5.74) is 0.729. The van der Waals surface area contributed by atoms with E-state index in [1.165, 1.54) is 24.3 Å². The van der Waals surface area contributed by atoms with E-state index < -0.39 is 11.5 Å². The zero-order valence-electron chi connectivity index (χ0n) is 16.4. The van der Waals surface area contributed by atoms with Gasteiger partial charge < -0.3 is 14.9 Å². The highest BCUT2D eigenvalue weighted by atomic mass is 19.1. The molecule has 2 amide bonds. The van der Waals surface area contributed by atoms with Crippen molar-refractivity contribution in [3.63, 3.8) is 0 Å². The van der Waals surface area contributed by atoms with Crippen LogP contribution >= 0.6 is 0 Å². The summed E-state index contributed by atoms with van der Waals surface area (Å²) < 4.78 is 13.1. The van der Waals surface area contributed by atoms with Crippen molar-refractivity contribution < 1.29 is 19.1 Å². The number of rotatable bonds is 2. The lowest BCUT2D eigenvalue weighted by atomic mass is 9.68. The lowest BCUT2D eigenvalue weighted by Crippen LogP contribution is -2.57. The number of carbonyl (C=O) groups excluding carboxylic acids is 2. The number of halogens is 1. The Bertz CT molecular complexity index is 892. The Hall–Kier alpha value is -2.73. The molecule has 0 radical (unpaired) electrons. The number of amides is 2. The molecule has 0 saturated carbocycles. The van der Waals surface area contributed by atoms with Crippen molar-refractivity contribution in [3.05, 3.63) is 71.5 Å². The van der Waals surface area contributed by atoms with Gasteiger partial charge in [-0.15, -0.1) is 0 Å². The fourth-order valence-electron chi connectivity index (χ4n) is 4.78. The van der Waals surface area contributed by atoms with Crippen molar-refractivity contribution in [3.8, 4) is 0 Å². The average molecular weight is 396 g/mol. The molecule has 2 aliphatic heterocycles. The molecule has 0 bridgehead atoms. The van der Waals surface area contributed by atoms with Gasteiger partial charge in [0.15, 0.2) is 0 Å². The Morgan fingerprint density at radius 2 is 1.69 bits per heavy atom. The van der Waals surface area contributed by atoms with E-state index in [-0.39, 0.29) is 23.7 Å². The third kappa shape index (κ3) is 3.53. The second kappa shape index (κ2) is 7.59. The van der Waals surface area contributed by atoms with Crippen LogP contribution in [0.2, 0.25) is 0 Å². The van der Waals surface area contributed by atoms with Gasteiger partial charge in [-0.1, -0.05) is 30.3 Å². The Morgan fingerprint density at radius 1 is 1.07 bits per heavy atom. The van der Waals surface area contributed by atoms with Crippen LogP contribution < -0.4 is 0 Å². The minimum Gasteiger partial charge on any atom is -0.391 e. The molecule has 2 aliphatic rings. The van der Waals surface area contributed by atoms with Crippen LogP contribution in [0.4, 0.5) is 4.39 Å². The SMILES string of the molecule is CN1C(=O)C2(CCN(C(=O)c3ccc(F)cc3)CC2)C[C@@H](O)[C@@H]1c1ccccc1. The lowest BCUT2D eigenvalue weighted by Gasteiger charge is -2.50. The number of aliphatic hydroxyl groups excluding tert-OH is 1. The van der Waals surface area contributed by atoms with Gasteiger partial charge in [0.1, 0.15) is 5.82 Å². The molecule has 5 nitrogen and oxygen atoms in total. The van der Waals surface area contributed by atoms with Crippen LogP contribution in [0, 0.1) is 11.2 Å². The zero-order valence-corrected chi connectivity index (χ0v) is 16.4. The summed E-state index contributed by atoms with van der Waals surface area (Å²) in [4.78, 5) is 29.4. The van der Waals surface area contributed by atoms with Gasteiger partial charge in [0.05, 0.1) is 17.6 Å². The quantitative estimate of drug-likeness (QED) is 0.849. The van der Waals surface area contributed by atoms with Gasteiger partial charge in [-0.25, -0.2) is 4.39 Å². The molecule has 2 aromatic carbocycles. The third-order valence-corrected chi connectivity index (χ3v) is 6.40. The first-order chi connectivity index (χ1) is 13.9. The topological polar surface area (TPSA) is 60.9 Å². The van der Waals surface area contributed by atoms with E-state index in [0.717, 1.165) is 5.56 Å². The zero-order chi connectivity index (χ0) is 20.6. The standard InChI is InChI=1S/C23H25FN2O3/c1-25-20(16-5-3-2-4-6-16)19(27)15-23(22(25)29)11-13-26(14-12-23)21(28)17-7-9-18(24)10-8-17/h2-10,19-20,27H,11-15H2,1H3/t19-,20+/m1/s1. The largest absolute Gasteiger partial charge is 0.391 e. The summed E-state index contributed by atoms with van der Waals surface area (Å²) in [6.07, 6.45) is 0.775. The number of aliphatic hydroxyl groups is 1. The molecule has 29 heavy (non-hydrogen) atoms. The summed E-state index contributed by atoms with van der Waals surface area (Å²) in [7, 11) is 1.75. The van der Waals surface area contributed by atoms with Crippen molar-refractivity contribution in [2.75, 3.05) is 20.1 Å². The van der Waals surface area contributed by atoms with Crippen molar-refractivity contribution in [1.82, 2.24) is 9.80 Å². The minimum absolute atomic E-state index is 0.0329. The highest BCUT2D eigenvalue weighted by Gasteiger charge is 2.51. The first-order valence-corrected chi connectivity index (χ1v) is 9.96. The van der Waals surface area contributed by atoms with E-state index in [1.807, 2.05) is 30.3 Å². The van der Waals surface area contributed by atoms with Crippen LogP contribution in [0.1, 0.15) is 41.2 Å². The van der Waals surface area contributed by atoms with E-state index in [0.29, 0.717) is 37.9 Å². The molecule has 2 aromatic rings. The van der Waals surface area contributed by atoms with Crippen LogP contribution in [0.25, 0.3) is 0 Å². The number of hydrogen-bond acceptors (Lipinski definition) is 3. The number of piperidine rings is 2. The van der Waals surface area contributed by atoms with Gasteiger partial charge in [0.2, 0.25) is 5.91 Å². The van der Waals surface area contributed by atoms with E-state index in [4.69, 9.17) is 0 Å². The van der Waals surface area contributed by atoms with E-state index in [2.05, 4.69) is 0 Å². The first-order valence-electron chi connectivity index (χ1n) is 9.96. The number of nitrogens with zero attached hydrogens (tertiary/aromatic N) is 2. The fourth-order valence-corrected chi connectivity index (χ4v) is 4.78. The van der Waals surface area contributed by atoms with E-state index >= 15 is 0 Å². The molecular weight excluding hydrogens is 371 g/mol. The molecule has 0 unspecified atom stereocenters. The molecule has 2 heterocycles. The molecule has 0 aliphatic carbocycles. The van der Waals surface area contributed by atoms with Gasteiger partial charge in [0.25, 0.3) is 5.91 Å². The second-order valence-corrected chi connectivity index (χ2v) is 8.12. The van der Waals surface area contributed by atoms with Crippen LogP contribution in [-0.2, 0) is 4.79 Å². The maximum Gasteiger partial charge on any atom is 0.253 e. The normalized spacial score (nSPS) is 24.0. The monoisotopic (exact) mass is 396 g/mol. The van der Waals surface area contributed by atoms with Crippen LogP contribution in [0.3, 0.4) is 0 Å². The summed E-state index contributed by atoms with van der Waals surface area (Å²) >= 11 is 0. The summed E-state index contributed by atoms with van der Waals surface area (Å²) in [6, 6.07) is 14.7. The van der Waals surface area contributed by atoms with Gasteiger partial charge in [-0.3, -0.25) is 9.59 Å². The van der Waals surface area contributed by atoms with E-state index in [1.54, 1.807) is 16.8 Å². The van der Waals surface area contributed by atoms with Crippen molar-refractivity contribution >= 4 is 11.8 Å². The maximum atomic E-state index is 13.3. The van der Waals surface area contributed by atoms with Gasteiger partial charge in [-0.05, 0) is 49.1 Å². The molecular formula is C23H25FN2O3. The minimum atomic E-state index is -0.653. The lowest BCUT2D eigenvalue weighted by molar-refractivity contribution is -0.161. The average Bonchev–Trinajstić information content (AvgIpc) is 2.74. The number of likely N-dealkylation sites (tertiary alicyclic amines) is 2. The molecule has 6 heteroatoms. The molecule has 2 fully saturated rings. The van der Waals surface area contributed by atoms with Crippen molar-refractivity contribution in [2.45, 2.75) is 31.4 Å². The van der Waals surface area contributed by atoms with Gasteiger partial charge >= 0.3 is 0 Å². The molecule has 0 aromatic heterocycles. The van der Waals surface area contributed by atoms with Crippen LogP contribution in [0.15, 0.2) is 54.6 Å². The van der Waals surface area contributed by atoms with Crippen LogP contribution in [-0.4, -0.2) is 53.0 Å². The number of hydrogen-bond donors (Lipinski definition) is 1. The summed E-state index contributed by atoms with van der Waals surface area (Å²) in [5, 5.41) is 10.9. The molecule has 2 saturated heterocycles. The first kappa shape index (κ1) is 19.6. The highest BCUT2D eigenvalue weighted by Crippen LogP contribution is 2.46. The number of likely N-dealkylation sites (N-methyl/N-ethyl adjacent to an activating group) is 1. The van der Waals surface area contributed by atoms with Gasteiger partial charge in [-0.2, -0.15) is 0 Å². The van der Waals surface area contributed by atoms with Crippen molar-refractivity contribution in [1.29, 1.82) is 0 Å². The predicted molar refractivity (Wildman–Crippen MR) is 107 cm³/mol. The molecule has 1 spiro atoms. The smallest absolute Gasteiger partial charge is 0.253 e.